The third-order valence-corrected chi connectivity index (χ3v) is 6.00. The summed E-state index contributed by atoms with van der Waals surface area (Å²) in [4.78, 5) is 38.2. The minimum absolute atomic E-state index is 0.0755. The van der Waals surface area contributed by atoms with Crippen molar-refractivity contribution >= 4 is 28.9 Å². The molecule has 3 aromatic carbocycles. The zero-order chi connectivity index (χ0) is 24.9. The number of nitrogens with zero attached hydrogens (tertiary/aromatic N) is 2. The van der Waals surface area contributed by atoms with E-state index in [1.165, 1.54) is 30.3 Å². The normalized spacial score (nSPS) is 13.8. The molecule has 1 aliphatic rings. The van der Waals surface area contributed by atoms with Gasteiger partial charge in [-0.25, -0.2) is 4.39 Å². The fraction of sp³-hybridized carbons (Fsp3) is 0.231. The predicted molar refractivity (Wildman–Crippen MR) is 131 cm³/mol. The summed E-state index contributed by atoms with van der Waals surface area (Å²) in [6, 6.07) is 16.4. The highest BCUT2D eigenvalue weighted by Gasteiger charge is 2.24. The third kappa shape index (κ3) is 5.63. The van der Waals surface area contributed by atoms with E-state index in [0.717, 1.165) is 31.5 Å². The average molecular weight is 477 g/mol. The lowest BCUT2D eigenvalue weighted by molar-refractivity contribution is -0.384. The van der Waals surface area contributed by atoms with Gasteiger partial charge in [-0.3, -0.25) is 19.7 Å². The molecule has 1 fully saturated rings. The van der Waals surface area contributed by atoms with Crippen LogP contribution in [0.1, 0.15) is 52.1 Å². The summed E-state index contributed by atoms with van der Waals surface area (Å²) >= 11 is 0. The summed E-state index contributed by atoms with van der Waals surface area (Å²) in [7, 11) is 0. The van der Waals surface area contributed by atoms with Gasteiger partial charge in [0.05, 0.1) is 11.0 Å². The van der Waals surface area contributed by atoms with E-state index in [1.807, 2.05) is 4.90 Å². The Balaban J connectivity index is 1.41. The molecule has 0 radical (unpaired) electrons. The third-order valence-electron chi connectivity index (χ3n) is 6.00. The smallest absolute Gasteiger partial charge is 0.293 e. The van der Waals surface area contributed by atoms with E-state index in [0.29, 0.717) is 16.9 Å². The summed E-state index contributed by atoms with van der Waals surface area (Å²) < 4.78 is 13.0. The van der Waals surface area contributed by atoms with Crippen LogP contribution in [-0.4, -0.2) is 29.8 Å². The van der Waals surface area contributed by atoms with Crippen molar-refractivity contribution in [3.8, 4) is 0 Å². The van der Waals surface area contributed by atoms with Gasteiger partial charge in [0.15, 0.2) is 0 Å². The number of anilines is 2. The van der Waals surface area contributed by atoms with Gasteiger partial charge >= 0.3 is 0 Å². The molecular formula is C26H25FN4O4. The molecule has 0 saturated carbocycles. The number of nitrogens with one attached hydrogen (secondary N) is 2. The molecule has 2 N–H and O–H groups in total. The average Bonchev–Trinajstić information content (AvgIpc) is 3.39. The minimum Gasteiger partial charge on any atom is -0.366 e. The Morgan fingerprint density at radius 2 is 1.57 bits per heavy atom. The van der Waals surface area contributed by atoms with Crippen LogP contribution in [0.25, 0.3) is 0 Å². The standard InChI is InChI=1S/C26H25FN4O4/c1-17(18-6-11-22(12-7-18)29-25(32)19-4-9-21(27)10-5-19)28-26(33)20-8-13-23(24(16-20)31(34)35)30-14-2-3-15-30/h4-13,16-17H,2-3,14-15H2,1H3,(H,28,33)(H,29,32). The van der Waals surface area contributed by atoms with Gasteiger partial charge in [0, 0.05) is 36.0 Å². The van der Waals surface area contributed by atoms with Gasteiger partial charge in [-0.15, -0.1) is 0 Å². The highest BCUT2D eigenvalue weighted by atomic mass is 19.1. The summed E-state index contributed by atoms with van der Waals surface area (Å²) in [6.45, 7) is 3.34. The lowest BCUT2D eigenvalue weighted by Crippen LogP contribution is -2.27. The van der Waals surface area contributed by atoms with Crippen molar-refractivity contribution in [3.63, 3.8) is 0 Å². The SMILES string of the molecule is CC(NC(=O)c1ccc(N2CCCC2)c([N+](=O)[O-])c1)c1ccc(NC(=O)c2ccc(F)cc2)cc1. The molecule has 35 heavy (non-hydrogen) atoms. The van der Waals surface area contributed by atoms with E-state index in [4.69, 9.17) is 0 Å². The first kappa shape index (κ1) is 23.9. The van der Waals surface area contributed by atoms with Crippen molar-refractivity contribution in [2.75, 3.05) is 23.3 Å². The molecule has 9 heteroatoms. The van der Waals surface area contributed by atoms with Gasteiger partial charge in [0.25, 0.3) is 17.5 Å². The molecule has 1 aliphatic heterocycles. The molecule has 0 aromatic heterocycles. The molecule has 180 valence electrons. The fourth-order valence-corrected chi connectivity index (χ4v) is 4.06. The van der Waals surface area contributed by atoms with Gasteiger partial charge in [0.1, 0.15) is 11.5 Å². The maximum absolute atomic E-state index is 13.0. The van der Waals surface area contributed by atoms with Crippen molar-refractivity contribution in [1.82, 2.24) is 5.32 Å². The zero-order valence-electron chi connectivity index (χ0n) is 19.2. The van der Waals surface area contributed by atoms with Gasteiger partial charge in [0.2, 0.25) is 0 Å². The maximum Gasteiger partial charge on any atom is 0.293 e. The van der Waals surface area contributed by atoms with Crippen LogP contribution in [0.3, 0.4) is 0 Å². The Hall–Kier alpha value is -4.27. The second-order valence-corrected chi connectivity index (χ2v) is 8.43. The van der Waals surface area contributed by atoms with Crippen molar-refractivity contribution in [2.45, 2.75) is 25.8 Å². The molecule has 0 aliphatic carbocycles. The van der Waals surface area contributed by atoms with Crippen molar-refractivity contribution in [3.05, 3.63) is 99.4 Å². The molecule has 1 unspecified atom stereocenters. The topological polar surface area (TPSA) is 105 Å². The molecule has 1 heterocycles. The molecule has 2 amide bonds. The second-order valence-electron chi connectivity index (χ2n) is 8.43. The van der Waals surface area contributed by atoms with Crippen LogP contribution in [0, 0.1) is 15.9 Å². The Bertz CT molecular complexity index is 1240. The van der Waals surface area contributed by atoms with Gasteiger partial charge in [-0.1, -0.05) is 12.1 Å². The number of carbonyl (C=O) groups excluding carboxylic acids is 2. The number of benzene rings is 3. The van der Waals surface area contributed by atoms with E-state index in [2.05, 4.69) is 10.6 Å². The number of nitro benzene ring substituents is 1. The Labute approximate surface area is 201 Å². The summed E-state index contributed by atoms with van der Waals surface area (Å²) in [5, 5.41) is 17.2. The van der Waals surface area contributed by atoms with Gasteiger partial charge in [-0.05, 0) is 73.9 Å². The Morgan fingerprint density at radius 1 is 0.943 bits per heavy atom. The number of carbonyl (C=O) groups is 2. The fourth-order valence-electron chi connectivity index (χ4n) is 4.06. The largest absolute Gasteiger partial charge is 0.366 e. The number of rotatable bonds is 7. The highest BCUT2D eigenvalue weighted by Crippen LogP contribution is 2.32. The van der Waals surface area contributed by atoms with E-state index in [9.17, 15) is 24.1 Å². The lowest BCUT2D eigenvalue weighted by atomic mass is 10.1. The van der Waals surface area contributed by atoms with Crippen LogP contribution in [0.2, 0.25) is 0 Å². The van der Waals surface area contributed by atoms with Crippen molar-refractivity contribution in [2.24, 2.45) is 0 Å². The lowest BCUT2D eigenvalue weighted by Gasteiger charge is -2.18. The highest BCUT2D eigenvalue weighted by molar-refractivity contribution is 6.04. The van der Waals surface area contributed by atoms with Gasteiger partial charge < -0.3 is 15.5 Å². The first-order chi connectivity index (χ1) is 16.8. The van der Waals surface area contributed by atoms with Crippen LogP contribution in [0.15, 0.2) is 66.7 Å². The van der Waals surface area contributed by atoms with E-state index >= 15 is 0 Å². The number of halogens is 1. The maximum atomic E-state index is 13.0. The number of hydrogen-bond acceptors (Lipinski definition) is 5. The van der Waals surface area contributed by atoms with E-state index in [1.54, 1.807) is 43.3 Å². The molecule has 4 rings (SSSR count). The van der Waals surface area contributed by atoms with Crippen LogP contribution in [-0.2, 0) is 0 Å². The second kappa shape index (κ2) is 10.3. The van der Waals surface area contributed by atoms with E-state index in [-0.39, 0.29) is 23.2 Å². The Morgan fingerprint density at radius 3 is 2.20 bits per heavy atom. The molecule has 8 nitrogen and oxygen atoms in total. The minimum atomic E-state index is -0.452. The molecule has 1 saturated heterocycles. The number of amides is 2. The zero-order valence-corrected chi connectivity index (χ0v) is 19.2. The molecular weight excluding hydrogens is 451 g/mol. The van der Waals surface area contributed by atoms with Crippen LogP contribution < -0.4 is 15.5 Å². The number of hydrogen-bond donors (Lipinski definition) is 2. The van der Waals surface area contributed by atoms with Gasteiger partial charge in [-0.2, -0.15) is 0 Å². The molecule has 3 aromatic rings. The molecule has 0 bridgehead atoms. The van der Waals surface area contributed by atoms with E-state index < -0.39 is 16.6 Å². The first-order valence-corrected chi connectivity index (χ1v) is 11.3. The number of nitro groups is 1. The molecule has 1 atom stereocenters. The molecule has 0 spiro atoms. The predicted octanol–water partition coefficient (Wildman–Crippen LogP) is 5.08. The quantitative estimate of drug-likeness (QED) is 0.366. The summed E-state index contributed by atoms with van der Waals surface area (Å²) in [5.41, 5.74) is 2.36. The van der Waals surface area contributed by atoms with Crippen LogP contribution in [0.4, 0.5) is 21.5 Å². The monoisotopic (exact) mass is 476 g/mol. The Kier molecular flexibility index (Phi) is 7.05. The summed E-state index contributed by atoms with van der Waals surface area (Å²) in [5.74, 6) is -1.19. The van der Waals surface area contributed by atoms with Crippen molar-refractivity contribution < 1.29 is 18.9 Å². The first-order valence-electron chi connectivity index (χ1n) is 11.3. The van der Waals surface area contributed by atoms with Crippen LogP contribution >= 0.6 is 0 Å². The summed E-state index contributed by atoms with van der Waals surface area (Å²) in [6.07, 6.45) is 1.98. The van der Waals surface area contributed by atoms with Crippen molar-refractivity contribution in [1.29, 1.82) is 0 Å². The van der Waals surface area contributed by atoms with Crippen LogP contribution in [0.5, 0.6) is 0 Å².